The van der Waals surface area contributed by atoms with Gasteiger partial charge in [-0.2, -0.15) is 5.10 Å². The number of amides is 1. The van der Waals surface area contributed by atoms with Crippen LogP contribution >= 0.6 is 15.9 Å². The van der Waals surface area contributed by atoms with Crippen molar-refractivity contribution in [2.24, 2.45) is 5.10 Å². The number of carbonyl (C=O) groups is 1. The van der Waals surface area contributed by atoms with Crippen molar-refractivity contribution in [1.29, 1.82) is 0 Å². The number of nitrogens with zero attached hydrogens (tertiary/aromatic N) is 1. The van der Waals surface area contributed by atoms with Crippen molar-refractivity contribution < 1.29 is 9.53 Å². The van der Waals surface area contributed by atoms with E-state index in [-0.39, 0.29) is 12.5 Å². The van der Waals surface area contributed by atoms with Crippen molar-refractivity contribution in [1.82, 2.24) is 5.43 Å². The molecule has 0 aliphatic rings. The third kappa shape index (κ3) is 4.98. The summed E-state index contributed by atoms with van der Waals surface area (Å²) in [5.74, 6) is 0.760. The number of hydrogen-bond acceptors (Lipinski definition) is 3. The highest BCUT2D eigenvalue weighted by atomic mass is 79.9. The molecule has 144 valence electrons. The molecule has 0 saturated heterocycles. The van der Waals surface area contributed by atoms with Gasteiger partial charge in [0.1, 0.15) is 5.75 Å². The van der Waals surface area contributed by atoms with Crippen LogP contribution < -0.4 is 10.2 Å². The number of benzene rings is 3. The summed E-state index contributed by atoms with van der Waals surface area (Å²) < 4.78 is 6.44. The first-order valence-corrected chi connectivity index (χ1v) is 9.98. The second-order valence-corrected chi connectivity index (χ2v) is 7.78. The number of rotatable bonds is 6. The molecule has 0 saturated carbocycles. The molecule has 0 spiro atoms. The molecule has 0 aliphatic heterocycles. The molecule has 4 nitrogen and oxygen atoms in total. The van der Waals surface area contributed by atoms with Crippen molar-refractivity contribution >= 4 is 38.3 Å². The largest absolute Gasteiger partial charge is 0.483 e. The molecular formula is C23H23BrN2O2. The molecule has 0 unspecified atom stereocenters. The van der Waals surface area contributed by atoms with Crippen LogP contribution in [0.15, 0.2) is 70.2 Å². The zero-order valence-corrected chi connectivity index (χ0v) is 17.8. The van der Waals surface area contributed by atoms with Gasteiger partial charge < -0.3 is 4.74 Å². The van der Waals surface area contributed by atoms with Gasteiger partial charge in [-0.3, -0.25) is 4.79 Å². The van der Waals surface area contributed by atoms with E-state index >= 15 is 0 Å². The second kappa shape index (κ2) is 9.02. The Morgan fingerprint density at radius 2 is 1.82 bits per heavy atom. The standard InChI is InChI=1S/C23H23BrN2O2/c1-15(2)18-10-11-22(21(24)13-18)28-14-23(27)26-25-16(3)19-9-8-17-6-4-5-7-20(17)12-19/h4-13,15H,14H2,1-3H3,(H,26,27)/b25-16+. The predicted molar refractivity (Wildman–Crippen MR) is 118 cm³/mol. The molecule has 1 amide bonds. The maximum atomic E-state index is 12.1. The lowest BCUT2D eigenvalue weighted by Crippen LogP contribution is -2.25. The van der Waals surface area contributed by atoms with Crippen molar-refractivity contribution in [2.75, 3.05) is 6.61 Å². The SMILES string of the molecule is C/C(=N\NC(=O)COc1ccc(C(C)C)cc1Br)c1ccc2ccccc2c1. The van der Waals surface area contributed by atoms with E-state index in [1.807, 2.05) is 49.4 Å². The smallest absolute Gasteiger partial charge is 0.277 e. The molecule has 0 heterocycles. The molecule has 3 rings (SSSR count). The Kier molecular flexibility index (Phi) is 6.47. The minimum absolute atomic E-state index is 0.103. The van der Waals surface area contributed by atoms with Gasteiger partial charge in [0.2, 0.25) is 0 Å². The van der Waals surface area contributed by atoms with E-state index < -0.39 is 0 Å². The summed E-state index contributed by atoms with van der Waals surface area (Å²) in [6.45, 7) is 6.03. The van der Waals surface area contributed by atoms with Gasteiger partial charge >= 0.3 is 0 Å². The molecule has 0 bridgehead atoms. The first kappa shape index (κ1) is 20.1. The average molecular weight is 439 g/mol. The van der Waals surface area contributed by atoms with Gasteiger partial charge in [0.05, 0.1) is 10.2 Å². The zero-order chi connectivity index (χ0) is 20.1. The van der Waals surface area contributed by atoms with Crippen molar-refractivity contribution in [3.8, 4) is 5.75 Å². The van der Waals surface area contributed by atoms with Crippen LogP contribution in [0.25, 0.3) is 10.8 Å². The molecule has 0 fully saturated rings. The minimum Gasteiger partial charge on any atom is -0.483 e. The molecule has 3 aromatic carbocycles. The number of ether oxygens (including phenoxy) is 1. The Bertz CT molecular complexity index is 1030. The molecule has 5 heteroatoms. The summed E-state index contributed by atoms with van der Waals surface area (Å²) in [5, 5.41) is 6.51. The first-order valence-electron chi connectivity index (χ1n) is 9.18. The highest BCUT2D eigenvalue weighted by Gasteiger charge is 2.08. The van der Waals surface area contributed by atoms with Gasteiger partial charge in [-0.05, 0) is 68.9 Å². The van der Waals surface area contributed by atoms with Gasteiger partial charge in [-0.25, -0.2) is 5.43 Å². The fourth-order valence-corrected chi connectivity index (χ4v) is 3.30. The van der Waals surface area contributed by atoms with E-state index in [0.29, 0.717) is 11.7 Å². The monoisotopic (exact) mass is 438 g/mol. The highest BCUT2D eigenvalue weighted by Crippen LogP contribution is 2.28. The fraction of sp³-hybridized carbons (Fsp3) is 0.217. The molecule has 0 atom stereocenters. The van der Waals surface area contributed by atoms with Crippen molar-refractivity contribution in [3.63, 3.8) is 0 Å². The van der Waals surface area contributed by atoms with Crippen LogP contribution in [0.1, 0.15) is 37.8 Å². The summed E-state index contributed by atoms with van der Waals surface area (Å²) in [7, 11) is 0. The average Bonchev–Trinajstić information content (AvgIpc) is 2.70. The topological polar surface area (TPSA) is 50.7 Å². The van der Waals surface area contributed by atoms with E-state index in [2.05, 4.69) is 58.5 Å². The quantitative estimate of drug-likeness (QED) is 0.399. The van der Waals surface area contributed by atoms with Crippen LogP contribution in [0.4, 0.5) is 0 Å². The second-order valence-electron chi connectivity index (χ2n) is 6.93. The van der Waals surface area contributed by atoms with Crippen LogP contribution in [0, 0.1) is 0 Å². The molecule has 0 radical (unpaired) electrons. The summed E-state index contributed by atoms with van der Waals surface area (Å²) in [6, 6.07) is 20.1. The lowest BCUT2D eigenvalue weighted by Gasteiger charge is -2.11. The first-order chi connectivity index (χ1) is 13.4. The Labute approximate surface area is 173 Å². The third-order valence-corrected chi connectivity index (χ3v) is 5.12. The van der Waals surface area contributed by atoms with Crippen LogP contribution in [0.2, 0.25) is 0 Å². The summed E-state index contributed by atoms with van der Waals surface area (Å²) in [6.07, 6.45) is 0. The van der Waals surface area contributed by atoms with Gasteiger partial charge in [-0.15, -0.1) is 0 Å². The highest BCUT2D eigenvalue weighted by molar-refractivity contribution is 9.10. The number of hydrazone groups is 1. The van der Waals surface area contributed by atoms with Crippen molar-refractivity contribution in [2.45, 2.75) is 26.7 Å². The van der Waals surface area contributed by atoms with Gasteiger partial charge in [-0.1, -0.05) is 56.3 Å². The van der Waals surface area contributed by atoms with E-state index in [0.717, 1.165) is 21.1 Å². The lowest BCUT2D eigenvalue weighted by atomic mass is 10.0. The molecule has 3 aromatic rings. The summed E-state index contributed by atoms with van der Waals surface area (Å²) in [4.78, 5) is 12.1. The third-order valence-electron chi connectivity index (χ3n) is 4.50. The Morgan fingerprint density at radius 1 is 1.07 bits per heavy atom. The minimum atomic E-state index is -0.306. The number of nitrogens with one attached hydrogen (secondary N) is 1. The van der Waals surface area contributed by atoms with Gasteiger partial charge in [0.15, 0.2) is 6.61 Å². The molecule has 0 aliphatic carbocycles. The van der Waals surface area contributed by atoms with Crippen LogP contribution in [-0.2, 0) is 4.79 Å². The van der Waals surface area contributed by atoms with Gasteiger partial charge in [0, 0.05) is 0 Å². The predicted octanol–water partition coefficient (Wildman–Crippen LogP) is 5.64. The molecule has 1 N–H and O–H groups in total. The number of carbonyl (C=O) groups excluding carboxylic acids is 1. The zero-order valence-electron chi connectivity index (χ0n) is 16.2. The maximum Gasteiger partial charge on any atom is 0.277 e. The molecule has 0 aromatic heterocycles. The number of fused-ring (bicyclic) bond motifs is 1. The van der Waals surface area contributed by atoms with E-state index in [1.54, 1.807) is 0 Å². The Morgan fingerprint density at radius 3 is 2.54 bits per heavy atom. The molecular weight excluding hydrogens is 416 g/mol. The fourth-order valence-electron chi connectivity index (χ4n) is 2.79. The number of hydrogen-bond donors (Lipinski definition) is 1. The lowest BCUT2D eigenvalue weighted by molar-refractivity contribution is -0.123. The Hall–Kier alpha value is -2.66. The Balaban J connectivity index is 1.59. The van der Waals surface area contributed by atoms with E-state index in [1.165, 1.54) is 10.9 Å². The maximum absolute atomic E-state index is 12.1. The summed E-state index contributed by atoms with van der Waals surface area (Å²) >= 11 is 3.49. The van der Waals surface area contributed by atoms with Crippen molar-refractivity contribution in [3.05, 3.63) is 76.3 Å². The molecule has 28 heavy (non-hydrogen) atoms. The van der Waals surface area contributed by atoms with E-state index in [9.17, 15) is 4.79 Å². The van der Waals surface area contributed by atoms with Crippen LogP contribution in [-0.4, -0.2) is 18.2 Å². The summed E-state index contributed by atoms with van der Waals surface area (Å²) in [5.41, 5.74) is 5.47. The van der Waals surface area contributed by atoms with E-state index in [4.69, 9.17) is 4.74 Å². The van der Waals surface area contributed by atoms with Gasteiger partial charge in [0.25, 0.3) is 5.91 Å². The van der Waals surface area contributed by atoms with Crippen LogP contribution in [0.3, 0.4) is 0 Å². The van der Waals surface area contributed by atoms with Crippen LogP contribution in [0.5, 0.6) is 5.75 Å². The normalized spacial score (nSPS) is 11.7. The number of halogens is 1.